The Hall–Kier alpha value is -2.85. The standard InChI is InChI=1S/C19H21FN4O4S/c1-13(25)22-15-4-5-17(20)18(11-15)23-19(26)14-6-9-24(10-7-14)29(27,28)16-3-2-8-21-12-16/h2-5,8,11-12,14H,6-7,9-10H2,1H3,(H,22,25)(H,23,26). The minimum Gasteiger partial charge on any atom is -0.326 e. The lowest BCUT2D eigenvalue weighted by atomic mass is 9.97. The van der Waals surface area contributed by atoms with Gasteiger partial charge in [-0.05, 0) is 43.2 Å². The Labute approximate surface area is 168 Å². The van der Waals surface area contributed by atoms with Crippen molar-refractivity contribution in [3.8, 4) is 0 Å². The van der Waals surface area contributed by atoms with E-state index >= 15 is 0 Å². The third-order valence-electron chi connectivity index (χ3n) is 4.64. The molecule has 154 valence electrons. The summed E-state index contributed by atoms with van der Waals surface area (Å²) >= 11 is 0. The molecular weight excluding hydrogens is 399 g/mol. The van der Waals surface area contributed by atoms with Gasteiger partial charge >= 0.3 is 0 Å². The average Bonchev–Trinajstić information content (AvgIpc) is 2.71. The van der Waals surface area contributed by atoms with E-state index in [2.05, 4.69) is 15.6 Å². The number of carbonyl (C=O) groups excluding carboxylic acids is 2. The topological polar surface area (TPSA) is 108 Å². The number of carbonyl (C=O) groups is 2. The summed E-state index contributed by atoms with van der Waals surface area (Å²) in [6.45, 7) is 1.70. The second-order valence-corrected chi connectivity index (χ2v) is 8.67. The molecule has 1 aromatic heterocycles. The molecule has 8 nitrogen and oxygen atoms in total. The molecule has 3 rings (SSSR count). The number of benzene rings is 1. The van der Waals surface area contributed by atoms with Crippen LogP contribution < -0.4 is 10.6 Å². The summed E-state index contributed by atoms with van der Waals surface area (Å²) in [4.78, 5) is 27.6. The zero-order valence-corrected chi connectivity index (χ0v) is 16.6. The highest BCUT2D eigenvalue weighted by Crippen LogP contribution is 2.26. The van der Waals surface area contributed by atoms with Crippen molar-refractivity contribution >= 4 is 33.2 Å². The third-order valence-corrected chi connectivity index (χ3v) is 6.52. The fraction of sp³-hybridized carbons (Fsp3) is 0.316. The number of amides is 2. The van der Waals surface area contributed by atoms with E-state index in [9.17, 15) is 22.4 Å². The summed E-state index contributed by atoms with van der Waals surface area (Å²) in [5.41, 5.74) is 0.332. The van der Waals surface area contributed by atoms with Crippen LogP contribution in [0, 0.1) is 11.7 Å². The Morgan fingerprint density at radius 2 is 1.90 bits per heavy atom. The van der Waals surface area contributed by atoms with Crippen LogP contribution in [0.25, 0.3) is 0 Å². The first-order valence-corrected chi connectivity index (χ1v) is 10.5. The highest BCUT2D eigenvalue weighted by molar-refractivity contribution is 7.89. The smallest absolute Gasteiger partial charge is 0.244 e. The molecule has 2 amide bonds. The van der Waals surface area contributed by atoms with Crippen LogP contribution in [0.1, 0.15) is 19.8 Å². The molecule has 1 aromatic carbocycles. The number of pyridine rings is 1. The largest absolute Gasteiger partial charge is 0.326 e. The molecule has 0 unspecified atom stereocenters. The fourth-order valence-corrected chi connectivity index (χ4v) is 4.58. The van der Waals surface area contributed by atoms with Crippen LogP contribution in [0.15, 0.2) is 47.6 Å². The van der Waals surface area contributed by atoms with Crippen LogP contribution in [-0.2, 0) is 19.6 Å². The zero-order chi connectivity index (χ0) is 21.0. The van der Waals surface area contributed by atoms with Gasteiger partial charge in [-0.1, -0.05) is 0 Å². The van der Waals surface area contributed by atoms with Crippen molar-refractivity contribution in [2.75, 3.05) is 23.7 Å². The third kappa shape index (κ3) is 4.96. The van der Waals surface area contributed by atoms with Crippen molar-refractivity contribution in [2.24, 2.45) is 5.92 Å². The van der Waals surface area contributed by atoms with Gasteiger partial charge in [-0.3, -0.25) is 14.6 Å². The first kappa shape index (κ1) is 20.9. The molecular formula is C19H21FN4O4S. The summed E-state index contributed by atoms with van der Waals surface area (Å²) in [7, 11) is -3.66. The number of piperidine rings is 1. The van der Waals surface area contributed by atoms with Gasteiger partial charge in [0, 0.05) is 44.0 Å². The number of anilines is 2. The number of halogens is 1. The number of nitrogens with zero attached hydrogens (tertiary/aromatic N) is 2. The van der Waals surface area contributed by atoms with E-state index in [0.29, 0.717) is 18.5 Å². The molecule has 0 radical (unpaired) electrons. The van der Waals surface area contributed by atoms with Gasteiger partial charge in [0.1, 0.15) is 10.7 Å². The van der Waals surface area contributed by atoms with Crippen molar-refractivity contribution in [3.63, 3.8) is 0 Å². The fourth-order valence-electron chi connectivity index (χ4n) is 3.14. The molecule has 2 N–H and O–H groups in total. The molecule has 0 bridgehead atoms. The lowest BCUT2D eigenvalue weighted by Crippen LogP contribution is -2.41. The molecule has 1 aliphatic rings. The number of hydrogen-bond acceptors (Lipinski definition) is 5. The monoisotopic (exact) mass is 420 g/mol. The van der Waals surface area contributed by atoms with E-state index in [0.717, 1.165) is 6.07 Å². The van der Waals surface area contributed by atoms with Gasteiger partial charge in [0.2, 0.25) is 21.8 Å². The Morgan fingerprint density at radius 3 is 2.52 bits per heavy atom. The minimum atomic E-state index is -3.66. The molecule has 0 aliphatic carbocycles. The van der Waals surface area contributed by atoms with Gasteiger partial charge < -0.3 is 10.6 Å². The molecule has 2 heterocycles. The molecule has 1 fully saturated rings. The second kappa shape index (κ2) is 8.66. The van der Waals surface area contributed by atoms with Crippen molar-refractivity contribution in [2.45, 2.75) is 24.7 Å². The molecule has 1 saturated heterocycles. The number of hydrogen-bond donors (Lipinski definition) is 2. The van der Waals surface area contributed by atoms with E-state index in [1.54, 1.807) is 6.07 Å². The summed E-state index contributed by atoms with van der Waals surface area (Å²) in [6.07, 6.45) is 3.42. The van der Waals surface area contributed by atoms with Crippen LogP contribution in [0.5, 0.6) is 0 Å². The number of rotatable bonds is 5. The predicted molar refractivity (Wildman–Crippen MR) is 105 cm³/mol. The first-order chi connectivity index (χ1) is 13.8. The summed E-state index contributed by atoms with van der Waals surface area (Å²) in [5, 5.41) is 5.06. The summed E-state index contributed by atoms with van der Waals surface area (Å²) < 4.78 is 40.6. The molecule has 0 atom stereocenters. The predicted octanol–water partition coefficient (Wildman–Crippen LogP) is 2.22. The molecule has 29 heavy (non-hydrogen) atoms. The Morgan fingerprint density at radius 1 is 1.17 bits per heavy atom. The van der Waals surface area contributed by atoms with Crippen molar-refractivity contribution in [3.05, 3.63) is 48.5 Å². The van der Waals surface area contributed by atoms with Crippen LogP contribution in [0.2, 0.25) is 0 Å². The van der Waals surface area contributed by atoms with Gasteiger partial charge in [-0.25, -0.2) is 12.8 Å². The van der Waals surface area contributed by atoms with Gasteiger partial charge in [0.05, 0.1) is 5.69 Å². The van der Waals surface area contributed by atoms with Gasteiger partial charge in [0.15, 0.2) is 0 Å². The van der Waals surface area contributed by atoms with E-state index in [1.807, 2.05) is 0 Å². The maximum Gasteiger partial charge on any atom is 0.244 e. The molecule has 1 aliphatic heterocycles. The average molecular weight is 420 g/mol. The maximum absolute atomic E-state index is 14.0. The number of sulfonamides is 1. The minimum absolute atomic E-state index is 0.0355. The van der Waals surface area contributed by atoms with Crippen LogP contribution in [0.4, 0.5) is 15.8 Å². The highest BCUT2D eigenvalue weighted by Gasteiger charge is 2.32. The van der Waals surface area contributed by atoms with E-state index in [4.69, 9.17) is 0 Å². The summed E-state index contributed by atoms with van der Waals surface area (Å²) in [5.74, 6) is -1.76. The highest BCUT2D eigenvalue weighted by atomic mass is 32.2. The number of aromatic nitrogens is 1. The Balaban J connectivity index is 1.63. The van der Waals surface area contributed by atoms with Gasteiger partial charge in [0.25, 0.3) is 0 Å². The van der Waals surface area contributed by atoms with Crippen molar-refractivity contribution < 1.29 is 22.4 Å². The molecule has 2 aromatic rings. The molecule has 0 saturated carbocycles. The SMILES string of the molecule is CC(=O)Nc1ccc(F)c(NC(=O)C2CCN(S(=O)(=O)c3cccnc3)CC2)c1. The lowest BCUT2D eigenvalue weighted by molar-refractivity contribution is -0.121. The molecule has 10 heteroatoms. The zero-order valence-electron chi connectivity index (χ0n) is 15.8. The first-order valence-electron chi connectivity index (χ1n) is 9.05. The maximum atomic E-state index is 14.0. The van der Waals surface area contributed by atoms with Crippen LogP contribution in [0.3, 0.4) is 0 Å². The normalized spacial score (nSPS) is 15.7. The van der Waals surface area contributed by atoms with Gasteiger partial charge in [-0.15, -0.1) is 0 Å². The van der Waals surface area contributed by atoms with Crippen molar-refractivity contribution in [1.29, 1.82) is 0 Å². The van der Waals surface area contributed by atoms with Crippen LogP contribution in [-0.4, -0.2) is 42.6 Å². The molecule has 0 spiro atoms. The van der Waals surface area contributed by atoms with E-state index in [-0.39, 0.29) is 35.5 Å². The quantitative estimate of drug-likeness (QED) is 0.771. The second-order valence-electron chi connectivity index (χ2n) is 6.73. The van der Waals surface area contributed by atoms with Gasteiger partial charge in [-0.2, -0.15) is 4.31 Å². The number of nitrogens with one attached hydrogen (secondary N) is 2. The van der Waals surface area contributed by atoms with E-state index in [1.165, 1.54) is 41.8 Å². The Bertz CT molecular complexity index is 1010. The van der Waals surface area contributed by atoms with E-state index < -0.39 is 21.8 Å². The summed E-state index contributed by atoms with van der Waals surface area (Å²) in [6, 6.07) is 6.93. The van der Waals surface area contributed by atoms with Crippen LogP contribution >= 0.6 is 0 Å². The lowest BCUT2D eigenvalue weighted by Gasteiger charge is -2.30. The Kier molecular flexibility index (Phi) is 6.23. The van der Waals surface area contributed by atoms with Crippen molar-refractivity contribution in [1.82, 2.24) is 9.29 Å².